The number of sulfonamides is 1. The summed E-state index contributed by atoms with van der Waals surface area (Å²) < 4.78 is 29.5. The molecule has 1 unspecified atom stereocenters. The second-order valence-electron chi connectivity index (χ2n) is 8.84. The van der Waals surface area contributed by atoms with E-state index in [9.17, 15) is 18.5 Å². The summed E-state index contributed by atoms with van der Waals surface area (Å²) >= 11 is 8.69. The molecule has 2 aromatic heterocycles. The highest BCUT2D eigenvalue weighted by atomic mass is 35.5. The normalized spacial score (nSPS) is 19.6. The van der Waals surface area contributed by atoms with Gasteiger partial charge in [0.2, 0.25) is 0 Å². The van der Waals surface area contributed by atoms with E-state index in [1.165, 1.54) is 27.0 Å². The van der Waals surface area contributed by atoms with E-state index in [1.807, 2.05) is 13.1 Å². The van der Waals surface area contributed by atoms with Crippen molar-refractivity contribution in [2.45, 2.75) is 36.1 Å². The molecule has 2 aliphatic heterocycles. The number of fused-ring (bicyclic) bond motifs is 2. The maximum atomic E-state index is 13.5. The Balaban J connectivity index is 1.38. The molecule has 0 radical (unpaired) electrons. The number of nitrogens with zero attached hydrogens (tertiary/aromatic N) is 5. The molecule has 0 spiro atoms. The van der Waals surface area contributed by atoms with Crippen LogP contribution in [0.1, 0.15) is 33.2 Å². The number of hydrogen-bond acceptors (Lipinski definition) is 8. The Bertz CT molecular complexity index is 1430. The van der Waals surface area contributed by atoms with Crippen LogP contribution in [0.3, 0.4) is 0 Å². The molecule has 35 heavy (non-hydrogen) atoms. The van der Waals surface area contributed by atoms with Crippen LogP contribution >= 0.6 is 34.3 Å². The Morgan fingerprint density at radius 1 is 1.26 bits per heavy atom. The minimum absolute atomic E-state index is 0.151. The van der Waals surface area contributed by atoms with E-state index in [0.717, 1.165) is 40.2 Å². The van der Waals surface area contributed by atoms with Gasteiger partial charge in [-0.05, 0) is 37.1 Å². The number of benzene rings is 1. The summed E-state index contributed by atoms with van der Waals surface area (Å²) in [4.78, 5) is 23.1. The molecule has 2 aliphatic rings. The van der Waals surface area contributed by atoms with Crippen molar-refractivity contribution in [3.8, 4) is 6.07 Å². The number of likely N-dealkylation sites (N-methyl/N-ethyl adjacent to an activating group) is 1. The van der Waals surface area contributed by atoms with Gasteiger partial charge in [0.15, 0.2) is 5.01 Å². The second kappa shape index (κ2) is 9.76. The third-order valence-corrected chi connectivity index (χ3v) is 11.2. The first-order chi connectivity index (χ1) is 16.8. The molecule has 0 aliphatic carbocycles. The Kier molecular flexibility index (Phi) is 6.87. The van der Waals surface area contributed by atoms with Crippen molar-refractivity contribution >= 4 is 60.3 Å². The summed E-state index contributed by atoms with van der Waals surface area (Å²) in [5.74, 6) is -0.177. The van der Waals surface area contributed by atoms with Crippen LogP contribution in [0, 0.1) is 11.3 Å². The minimum Gasteiger partial charge on any atom is -0.331 e. The fourth-order valence-electron chi connectivity index (χ4n) is 4.56. The Hall–Kier alpha value is -2.07. The number of nitriles is 1. The lowest BCUT2D eigenvalue weighted by Crippen LogP contribution is -2.56. The van der Waals surface area contributed by atoms with Crippen LogP contribution in [0.5, 0.6) is 0 Å². The van der Waals surface area contributed by atoms with E-state index in [-0.39, 0.29) is 36.2 Å². The molecule has 1 atom stereocenters. The predicted molar refractivity (Wildman–Crippen MR) is 137 cm³/mol. The molecule has 3 aromatic rings. The van der Waals surface area contributed by atoms with Crippen LogP contribution in [-0.4, -0.2) is 72.7 Å². The maximum Gasteiger partial charge on any atom is 0.283 e. The number of hydrogen-bond donors (Lipinski definition) is 0. The zero-order chi connectivity index (χ0) is 24.7. The van der Waals surface area contributed by atoms with E-state index < -0.39 is 16.1 Å². The number of rotatable bonds is 5. The van der Waals surface area contributed by atoms with Gasteiger partial charge in [0.1, 0.15) is 4.21 Å². The molecule has 12 heteroatoms. The van der Waals surface area contributed by atoms with Crippen molar-refractivity contribution in [1.29, 1.82) is 5.26 Å². The molecule has 1 saturated heterocycles. The molecular formula is C23H24ClN5O3S3. The van der Waals surface area contributed by atoms with Crippen LogP contribution in [0.25, 0.3) is 10.1 Å². The fraction of sp³-hybridized carbons (Fsp3) is 0.435. The van der Waals surface area contributed by atoms with Gasteiger partial charge >= 0.3 is 0 Å². The third-order valence-electron chi connectivity index (χ3n) is 6.45. The van der Waals surface area contributed by atoms with E-state index in [2.05, 4.69) is 16.0 Å². The standard InChI is InChI=1S/C23H24ClN5O3S3/c1-27-8-6-18-20(14-27)34-22(26-18)23(30)29-10-9-28(13-17(29)3-2-7-25)35(31,32)21-11-15-4-5-16(24)12-19(15)33-21/h4-5,11-12,17H,2-3,6,8-10,13-14H2,1H3. The SMILES string of the molecule is CN1CCc2nc(C(=O)N3CCN(S(=O)(=O)c4cc5ccc(Cl)cc5s4)CC3CCC#N)sc2C1. The molecule has 184 valence electrons. The van der Waals surface area contributed by atoms with Gasteiger partial charge in [-0.2, -0.15) is 9.57 Å². The number of carbonyl (C=O) groups is 1. The van der Waals surface area contributed by atoms with Gasteiger partial charge < -0.3 is 9.80 Å². The van der Waals surface area contributed by atoms with Crippen LogP contribution in [0.15, 0.2) is 28.5 Å². The lowest BCUT2D eigenvalue weighted by molar-refractivity contribution is 0.0553. The average molecular weight is 550 g/mol. The highest BCUT2D eigenvalue weighted by molar-refractivity contribution is 7.91. The number of halogens is 1. The van der Waals surface area contributed by atoms with E-state index in [4.69, 9.17) is 11.6 Å². The monoisotopic (exact) mass is 549 g/mol. The Morgan fingerprint density at radius 2 is 2.09 bits per heavy atom. The smallest absolute Gasteiger partial charge is 0.283 e. The summed E-state index contributed by atoms with van der Waals surface area (Å²) in [6, 6.07) is 8.73. The number of carbonyl (C=O) groups excluding carboxylic acids is 1. The van der Waals surface area contributed by atoms with Crippen molar-refractivity contribution in [2.75, 3.05) is 33.2 Å². The first-order valence-electron chi connectivity index (χ1n) is 11.3. The summed E-state index contributed by atoms with van der Waals surface area (Å²) in [5, 5.41) is 11.0. The Labute approximate surface area is 217 Å². The van der Waals surface area contributed by atoms with Gasteiger partial charge in [-0.3, -0.25) is 4.79 Å². The number of aromatic nitrogens is 1. The van der Waals surface area contributed by atoms with Gasteiger partial charge in [0.05, 0.1) is 11.8 Å². The van der Waals surface area contributed by atoms with Crippen LogP contribution < -0.4 is 0 Å². The maximum absolute atomic E-state index is 13.5. The minimum atomic E-state index is -3.75. The molecule has 1 aromatic carbocycles. The largest absolute Gasteiger partial charge is 0.331 e. The van der Waals surface area contributed by atoms with Crippen LogP contribution in [-0.2, 0) is 23.0 Å². The zero-order valence-corrected chi connectivity index (χ0v) is 22.3. The molecule has 0 saturated carbocycles. The number of amides is 1. The highest BCUT2D eigenvalue weighted by Crippen LogP contribution is 2.34. The van der Waals surface area contributed by atoms with Gasteiger partial charge in [0, 0.05) is 66.2 Å². The molecule has 0 bridgehead atoms. The molecule has 1 fully saturated rings. The van der Waals surface area contributed by atoms with Crippen LogP contribution in [0.4, 0.5) is 0 Å². The van der Waals surface area contributed by atoms with Gasteiger partial charge in [-0.25, -0.2) is 13.4 Å². The van der Waals surface area contributed by atoms with Crippen LogP contribution in [0.2, 0.25) is 5.02 Å². The number of thiazole rings is 1. The summed E-state index contributed by atoms with van der Waals surface area (Å²) in [6.07, 6.45) is 1.47. The second-order valence-corrected chi connectivity index (χ2v) is 13.6. The highest BCUT2D eigenvalue weighted by Gasteiger charge is 2.38. The molecular weight excluding hydrogens is 526 g/mol. The van der Waals surface area contributed by atoms with Crippen molar-refractivity contribution in [1.82, 2.24) is 19.1 Å². The van der Waals surface area contributed by atoms with E-state index in [1.54, 1.807) is 23.1 Å². The Morgan fingerprint density at radius 3 is 2.89 bits per heavy atom. The lowest BCUT2D eigenvalue weighted by Gasteiger charge is -2.40. The molecule has 8 nitrogen and oxygen atoms in total. The molecule has 5 rings (SSSR count). The van der Waals surface area contributed by atoms with Gasteiger partial charge in [-0.1, -0.05) is 17.7 Å². The molecule has 4 heterocycles. The molecule has 1 amide bonds. The fourth-order valence-corrected chi connectivity index (χ4v) is 9.01. The topological polar surface area (TPSA) is 97.6 Å². The van der Waals surface area contributed by atoms with Crippen molar-refractivity contribution in [2.24, 2.45) is 0 Å². The van der Waals surface area contributed by atoms with Crippen molar-refractivity contribution in [3.63, 3.8) is 0 Å². The van der Waals surface area contributed by atoms with Crippen molar-refractivity contribution in [3.05, 3.63) is 44.9 Å². The van der Waals surface area contributed by atoms with Crippen molar-refractivity contribution < 1.29 is 13.2 Å². The van der Waals surface area contributed by atoms with Gasteiger partial charge in [0.25, 0.3) is 15.9 Å². The van der Waals surface area contributed by atoms with Gasteiger partial charge in [-0.15, -0.1) is 22.7 Å². The predicted octanol–water partition coefficient (Wildman–Crippen LogP) is 3.82. The summed E-state index contributed by atoms with van der Waals surface area (Å²) in [6.45, 7) is 2.30. The van der Waals surface area contributed by atoms with E-state index in [0.29, 0.717) is 16.5 Å². The quantitative estimate of drug-likeness (QED) is 0.480. The summed E-state index contributed by atoms with van der Waals surface area (Å²) in [5.41, 5.74) is 0.983. The first-order valence-corrected chi connectivity index (χ1v) is 14.8. The number of thiophene rings is 1. The third kappa shape index (κ3) is 4.83. The first kappa shape index (κ1) is 24.6. The van der Waals surface area contributed by atoms with E-state index >= 15 is 0 Å². The molecule has 0 N–H and O–H groups in total. The number of piperazine rings is 1. The summed E-state index contributed by atoms with van der Waals surface area (Å²) in [7, 11) is -1.70. The zero-order valence-electron chi connectivity index (χ0n) is 19.1. The average Bonchev–Trinajstić information content (AvgIpc) is 3.46. The lowest BCUT2D eigenvalue weighted by atomic mass is 10.1.